The monoisotopic (exact) mass is 513 g/mol. The summed E-state index contributed by atoms with van der Waals surface area (Å²) in [5.74, 6) is 3.79. The number of benzene rings is 2. The smallest absolute Gasteiger partial charge is 0.231 e. The number of hydrogen-bond donors (Lipinski definition) is 2. The number of para-hydroxylation sites is 2. The highest BCUT2D eigenvalue weighted by molar-refractivity contribution is 14.0. The van der Waals surface area contributed by atoms with E-state index in [2.05, 4.69) is 21.7 Å². The molecule has 0 aliphatic carbocycles. The molecule has 3 rings (SSSR count). The van der Waals surface area contributed by atoms with Crippen molar-refractivity contribution in [3.63, 3.8) is 0 Å². The zero-order valence-electron chi connectivity index (χ0n) is 16.9. The van der Waals surface area contributed by atoms with E-state index in [4.69, 9.17) is 18.9 Å². The van der Waals surface area contributed by atoms with E-state index in [1.165, 1.54) is 5.56 Å². The molecule has 0 amide bonds. The Labute approximate surface area is 188 Å². The van der Waals surface area contributed by atoms with E-state index in [-0.39, 0.29) is 30.1 Å². The van der Waals surface area contributed by atoms with Crippen LogP contribution < -0.4 is 29.6 Å². The summed E-state index contributed by atoms with van der Waals surface area (Å²) in [6, 6.07) is 13.6. The second-order valence-electron chi connectivity index (χ2n) is 6.40. The van der Waals surface area contributed by atoms with Crippen molar-refractivity contribution >= 4 is 29.9 Å². The summed E-state index contributed by atoms with van der Waals surface area (Å²) in [5, 5.41) is 6.60. The summed E-state index contributed by atoms with van der Waals surface area (Å²) in [6.45, 7) is 3.66. The molecule has 1 heterocycles. The first-order chi connectivity index (χ1) is 13.7. The van der Waals surface area contributed by atoms with Gasteiger partial charge in [0, 0.05) is 13.6 Å². The molecule has 2 aromatic rings. The van der Waals surface area contributed by atoms with Crippen LogP contribution in [-0.4, -0.2) is 46.1 Å². The average Bonchev–Trinajstić information content (AvgIpc) is 3.19. The van der Waals surface area contributed by atoms with Crippen molar-refractivity contribution in [3.05, 3.63) is 48.0 Å². The number of hydrogen-bond acceptors (Lipinski definition) is 5. The van der Waals surface area contributed by atoms with Gasteiger partial charge in [-0.3, -0.25) is 4.99 Å². The molecule has 158 valence electrons. The van der Waals surface area contributed by atoms with Crippen LogP contribution in [0.3, 0.4) is 0 Å². The zero-order valence-corrected chi connectivity index (χ0v) is 19.3. The van der Waals surface area contributed by atoms with Crippen LogP contribution in [0.5, 0.6) is 23.0 Å². The van der Waals surface area contributed by atoms with Crippen LogP contribution in [0.25, 0.3) is 0 Å². The summed E-state index contributed by atoms with van der Waals surface area (Å²) < 4.78 is 22.0. The number of nitrogens with one attached hydrogen (secondary N) is 2. The maximum Gasteiger partial charge on any atom is 0.231 e. The molecule has 0 radical (unpaired) electrons. The molecule has 1 atom stereocenters. The third-order valence-electron chi connectivity index (χ3n) is 4.32. The average molecular weight is 513 g/mol. The molecule has 29 heavy (non-hydrogen) atoms. The number of nitrogens with zero attached hydrogens (tertiary/aromatic N) is 1. The van der Waals surface area contributed by atoms with Crippen LogP contribution in [0, 0.1) is 0 Å². The van der Waals surface area contributed by atoms with Crippen LogP contribution >= 0.6 is 24.0 Å². The minimum atomic E-state index is -0.0521. The molecule has 0 saturated carbocycles. The summed E-state index contributed by atoms with van der Waals surface area (Å²) in [5.41, 5.74) is 1.18. The fourth-order valence-corrected chi connectivity index (χ4v) is 2.86. The van der Waals surface area contributed by atoms with Gasteiger partial charge < -0.3 is 29.6 Å². The third kappa shape index (κ3) is 6.59. The summed E-state index contributed by atoms with van der Waals surface area (Å²) in [7, 11) is 3.39. The van der Waals surface area contributed by atoms with Crippen LogP contribution in [0.2, 0.25) is 0 Å². The van der Waals surface area contributed by atoms with Crippen LogP contribution in [0.15, 0.2) is 47.5 Å². The molecular weight excluding hydrogens is 485 g/mol. The van der Waals surface area contributed by atoms with Gasteiger partial charge in [0.05, 0.1) is 13.7 Å². The van der Waals surface area contributed by atoms with Gasteiger partial charge in [-0.05, 0) is 43.2 Å². The highest BCUT2D eigenvalue weighted by atomic mass is 127. The van der Waals surface area contributed by atoms with Crippen molar-refractivity contribution in [1.29, 1.82) is 0 Å². The predicted octanol–water partition coefficient (Wildman–Crippen LogP) is 3.22. The minimum absolute atomic E-state index is 0. The first kappa shape index (κ1) is 22.9. The van der Waals surface area contributed by atoms with E-state index in [1.54, 1.807) is 14.2 Å². The van der Waals surface area contributed by atoms with Crippen molar-refractivity contribution in [2.75, 3.05) is 34.0 Å². The maximum absolute atomic E-state index is 5.95. The molecule has 1 aliphatic heterocycles. The molecule has 7 nitrogen and oxygen atoms in total. The molecule has 0 aromatic heterocycles. The molecule has 1 unspecified atom stereocenters. The van der Waals surface area contributed by atoms with Gasteiger partial charge in [0.1, 0.15) is 6.10 Å². The fraction of sp³-hybridized carbons (Fsp3) is 0.381. The van der Waals surface area contributed by atoms with Gasteiger partial charge in [-0.15, -0.1) is 24.0 Å². The molecule has 0 fully saturated rings. The van der Waals surface area contributed by atoms with E-state index in [9.17, 15) is 0 Å². The zero-order chi connectivity index (χ0) is 19.8. The Balaban J connectivity index is 0.00000300. The molecule has 2 aromatic carbocycles. The molecule has 2 N–H and O–H groups in total. The number of ether oxygens (including phenoxy) is 4. The second kappa shape index (κ2) is 11.6. The molecule has 8 heteroatoms. The molecule has 0 saturated heterocycles. The van der Waals surface area contributed by atoms with E-state index >= 15 is 0 Å². The van der Waals surface area contributed by atoms with E-state index in [0.29, 0.717) is 13.3 Å². The number of aliphatic imine (C=N–C) groups is 1. The van der Waals surface area contributed by atoms with Gasteiger partial charge in [-0.1, -0.05) is 18.2 Å². The van der Waals surface area contributed by atoms with Crippen molar-refractivity contribution < 1.29 is 18.9 Å². The van der Waals surface area contributed by atoms with Crippen molar-refractivity contribution in [2.24, 2.45) is 4.99 Å². The number of rotatable bonds is 8. The Hall–Kier alpha value is -2.36. The normalized spacial score (nSPS) is 13.3. The minimum Gasteiger partial charge on any atom is -0.493 e. The SMILES string of the molecule is CN=C(NCCc1ccc2c(c1)OCO2)NCC(C)Oc1ccccc1OC.I. The van der Waals surface area contributed by atoms with Crippen molar-refractivity contribution in [1.82, 2.24) is 10.6 Å². The summed E-state index contributed by atoms with van der Waals surface area (Å²) in [6.07, 6.45) is 0.800. The lowest BCUT2D eigenvalue weighted by Gasteiger charge is -2.19. The quantitative estimate of drug-likeness (QED) is 0.321. The maximum atomic E-state index is 5.95. The number of guanidine groups is 1. The number of halogens is 1. The Morgan fingerprint density at radius 3 is 2.62 bits per heavy atom. The lowest BCUT2D eigenvalue weighted by atomic mass is 10.1. The Morgan fingerprint density at radius 1 is 1.10 bits per heavy atom. The Kier molecular flexibility index (Phi) is 9.17. The summed E-state index contributed by atoms with van der Waals surface area (Å²) in [4.78, 5) is 4.26. The Bertz CT molecular complexity index is 816. The van der Waals surface area contributed by atoms with Gasteiger partial charge in [0.15, 0.2) is 29.0 Å². The highest BCUT2D eigenvalue weighted by Crippen LogP contribution is 2.32. The second-order valence-corrected chi connectivity index (χ2v) is 6.40. The van der Waals surface area contributed by atoms with Crippen LogP contribution in [-0.2, 0) is 6.42 Å². The van der Waals surface area contributed by atoms with Crippen LogP contribution in [0.1, 0.15) is 12.5 Å². The first-order valence-corrected chi connectivity index (χ1v) is 9.32. The standard InChI is InChI=1S/C21H27N3O4.HI/c1-15(28-19-7-5-4-6-17(19)25-3)13-24-21(22-2)23-11-10-16-8-9-18-20(12-16)27-14-26-18;/h4-9,12,15H,10-11,13-14H2,1-3H3,(H2,22,23,24);1H. The Morgan fingerprint density at radius 2 is 1.86 bits per heavy atom. The first-order valence-electron chi connectivity index (χ1n) is 9.32. The molecule has 0 bridgehead atoms. The lowest BCUT2D eigenvalue weighted by Crippen LogP contribution is -2.42. The third-order valence-corrected chi connectivity index (χ3v) is 4.32. The van der Waals surface area contributed by atoms with E-state index in [1.807, 2.05) is 43.3 Å². The topological polar surface area (TPSA) is 73.3 Å². The van der Waals surface area contributed by atoms with Gasteiger partial charge in [0.25, 0.3) is 0 Å². The van der Waals surface area contributed by atoms with Gasteiger partial charge in [0.2, 0.25) is 6.79 Å². The number of fused-ring (bicyclic) bond motifs is 1. The van der Waals surface area contributed by atoms with Gasteiger partial charge >= 0.3 is 0 Å². The highest BCUT2D eigenvalue weighted by Gasteiger charge is 2.13. The number of methoxy groups -OCH3 is 1. The molecule has 0 spiro atoms. The van der Waals surface area contributed by atoms with Crippen molar-refractivity contribution in [2.45, 2.75) is 19.4 Å². The largest absolute Gasteiger partial charge is 0.493 e. The molecular formula is C21H28IN3O4. The fourth-order valence-electron chi connectivity index (χ4n) is 2.86. The van der Waals surface area contributed by atoms with Crippen LogP contribution in [0.4, 0.5) is 0 Å². The van der Waals surface area contributed by atoms with Crippen molar-refractivity contribution in [3.8, 4) is 23.0 Å². The summed E-state index contributed by atoms with van der Waals surface area (Å²) >= 11 is 0. The van der Waals surface area contributed by atoms with E-state index < -0.39 is 0 Å². The predicted molar refractivity (Wildman–Crippen MR) is 124 cm³/mol. The van der Waals surface area contributed by atoms with Gasteiger partial charge in [-0.2, -0.15) is 0 Å². The lowest BCUT2D eigenvalue weighted by molar-refractivity contribution is 0.174. The van der Waals surface area contributed by atoms with Gasteiger partial charge in [-0.25, -0.2) is 0 Å². The molecule has 1 aliphatic rings. The van der Waals surface area contributed by atoms with E-state index in [0.717, 1.165) is 41.9 Å².